The van der Waals surface area contributed by atoms with E-state index >= 15 is 0 Å². The first-order valence-corrected chi connectivity index (χ1v) is 13.1. The number of aryl methyl sites for hydroxylation is 1. The molecule has 2 amide bonds. The van der Waals surface area contributed by atoms with Crippen LogP contribution in [0.25, 0.3) is 10.9 Å². The molecule has 0 bridgehead atoms. The summed E-state index contributed by atoms with van der Waals surface area (Å²) >= 11 is 0. The summed E-state index contributed by atoms with van der Waals surface area (Å²) in [5.74, 6) is 0.0216. The highest BCUT2D eigenvalue weighted by molar-refractivity contribution is 6.01. The molecule has 1 N–H and O–H groups in total. The van der Waals surface area contributed by atoms with Crippen LogP contribution >= 0.6 is 0 Å². The summed E-state index contributed by atoms with van der Waals surface area (Å²) in [4.78, 5) is 37.2. The van der Waals surface area contributed by atoms with E-state index in [-0.39, 0.29) is 24.3 Å². The maximum atomic E-state index is 14.1. The van der Waals surface area contributed by atoms with Gasteiger partial charge in [-0.1, -0.05) is 49.4 Å². The number of amides is 2. The second-order valence-electron chi connectivity index (χ2n) is 10.4. The first kappa shape index (κ1) is 23.3. The van der Waals surface area contributed by atoms with Gasteiger partial charge in [0.25, 0.3) is 5.91 Å². The van der Waals surface area contributed by atoms with Crippen molar-refractivity contribution in [2.45, 2.75) is 31.7 Å². The number of carbonyl (C=O) groups excluding carboxylic acids is 2. The standard InChI is InChI=1S/C29H34N4O3/c1-3-20-8-10-21(11-9-20)23-18-33-25(34)19-32(13-12-31-14-16-36-17-15-31)28(35)29(33,2)27-26(23)22-6-4-5-7-24(22)30-27/h4-11,23,30H,3,12-19H2,1-2H3/t23-,29+/m1/s1. The molecule has 7 nitrogen and oxygen atoms in total. The highest BCUT2D eigenvalue weighted by Crippen LogP contribution is 2.48. The molecule has 0 saturated carbocycles. The maximum Gasteiger partial charge on any atom is 0.254 e. The van der Waals surface area contributed by atoms with Gasteiger partial charge in [-0.05, 0) is 36.1 Å². The van der Waals surface area contributed by atoms with Gasteiger partial charge >= 0.3 is 0 Å². The van der Waals surface area contributed by atoms with Gasteiger partial charge in [0.15, 0.2) is 5.54 Å². The Labute approximate surface area is 212 Å². The van der Waals surface area contributed by atoms with Crippen LogP contribution in [-0.2, 0) is 26.3 Å². The molecule has 3 aliphatic heterocycles. The molecule has 4 heterocycles. The zero-order valence-electron chi connectivity index (χ0n) is 21.1. The number of carbonyl (C=O) groups is 2. The van der Waals surface area contributed by atoms with E-state index in [0.29, 0.717) is 13.1 Å². The van der Waals surface area contributed by atoms with Crippen LogP contribution in [0.3, 0.4) is 0 Å². The summed E-state index contributed by atoms with van der Waals surface area (Å²) < 4.78 is 5.46. The smallest absolute Gasteiger partial charge is 0.254 e. The third-order valence-corrected chi connectivity index (χ3v) is 8.40. The number of nitrogens with zero attached hydrogens (tertiary/aromatic N) is 3. The Morgan fingerprint density at radius 1 is 1.03 bits per heavy atom. The molecule has 0 aliphatic carbocycles. The monoisotopic (exact) mass is 486 g/mol. The Bertz CT molecular complexity index is 1290. The summed E-state index contributed by atoms with van der Waals surface area (Å²) in [6.07, 6.45) is 0.987. The van der Waals surface area contributed by atoms with Crippen molar-refractivity contribution in [2.75, 3.05) is 52.5 Å². The largest absolute Gasteiger partial charge is 0.379 e. The highest BCUT2D eigenvalue weighted by Gasteiger charge is 2.56. The van der Waals surface area contributed by atoms with E-state index in [4.69, 9.17) is 4.74 Å². The van der Waals surface area contributed by atoms with Crippen molar-refractivity contribution in [2.24, 2.45) is 0 Å². The summed E-state index contributed by atoms with van der Waals surface area (Å²) in [6, 6.07) is 17.0. The Morgan fingerprint density at radius 3 is 2.53 bits per heavy atom. The fraction of sp³-hybridized carbons (Fsp3) is 0.448. The van der Waals surface area contributed by atoms with Crippen LogP contribution < -0.4 is 0 Å². The van der Waals surface area contributed by atoms with Crippen molar-refractivity contribution in [1.82, 2.24) is 19.7 Å². The number of piperazine rings is 1. The fourth-order valence-corrected chi connectivity index (χ4v) is 6.23. The van der Waals surface area contributed by atoms with Gasteiger partial charge in [-0.15, -0.1) is 0 Å². The molecular weight excluding hydrogens is 452 g/mol. The van der Waals surface area contributed by atoms with Crippen molar-refractivity contribution in [3.63, 3.8) is 0 Å². The third-order valence-electron chi connectivity index (χ3n) is 8.40. The number of H-pyrrole nitrogens is 1. The number of aromatic nitrogens is 1. The van der Waals surface area contributed by atoms with Crippen LogP contribution in [-0.4, -0.2) is 84.0 Å². The van der Waals surface area contributed by atoms with Crippen LogP contribution in [0.1, 0.15) is 42.1 Å². The number of benzene rings is 2. The first-order chi connectivity index (χ1) is 17.5. The minimum absolute atomic E-state index is 0.00273. The lowest BCUT2D eigenvalue weighted by molar-refractivity contribution is -0.166. The number of rotatable bonds is 5. The molecule has 2 aromatic carbocycles. The lowest BCUT2D eigenvalue weighted by atomic mass is 9.76. The molecule has 7 heteroatoms. The molecule has 2 saturated heterocycles. The number of nitrogens with one attached hydrogen (secondary N) is 1. The second kappa shape index (κ2) is 9.05. The number of hydrogen-bond acceptors (Lipinski definition) is 4. The minimum atomic E-state index is -1.05. The number of para-hydroxylation sites is 1. The van der Waals surface area contributed by atoms with Gasteiger partial charge in [0.05, 0.1) is 25.5 Å². The molecule has 188 valence electrons. The molecule has 36 heavy (non-hydrogen) atoms. The predicted octanol–water partition coefficient (Wildman–Crippen LogP) is 3.09. The number of ether oxygens (including phenoxy) is 1. The molecule has 6 rings (SSSR count). The van der Waals surface area contributed by atoms with Crippen molar-refractivity contribution in [3.8, 4) is 0 Å². The lowest BCUT2D eigenvalue weighted by Gasteiger charge is -2.51. The maximum absolute atomic E-state index is 14.1. The topological polar surface area (TPSA) is 68.9 Å². The SMILES string of the molecule is CCc1ccc([C@H]2CN3C(=O)CN(CCN4CCOCC4)C(=O)[C@]3(C)c3[nH]c4ccccc4c32)cc1. The van der Waals surface area contributed by atoms with E-state index in [1.807, 2.05) is 24.0 Å². The summed E-state index contributed by atoms with van der Waals surface area (Å²) in [5.41, 5.74) is 4.42. The van der Waals surface area contributed by atoms with Crippen molar-refractivity contribution < 1.29 is 14.3 Å². The van der Waals surface area contributed by atoms with Gasteiger partial charge in [-0.2, -0.15) is 0 Å². The van der Waals surface area contributed by atoms with E-state index < -0.39 is 5.54 Å². The second-order valence-corrected chi connectivity index (χ2v) is 10.4. The van der Waals surface area contributed by atoms with E-state index in [0.717, 1.165) is 61.4 Å². The first-order valence-electron chi connectivity index (χ1n) is 13.1. The molecule has 0 unspecified atom stereocenters. The number of morpholine rings is 1. The van der Waals surface area contributed by atoms with Crippen LogP contribution in [0.4, 0.5) is 0 Å². The van der Waals surface area contributed by atoms with Crippen LogP contribution in [0, 0.1) is 0 Å². The molecule has 2 fully saturated rings. The Kier molecular flexibility index (Phi) is 5.85. The summed E-state index contributed by atoms with van der Waals surface area (Å²) in [6.45, 7) is 9.19. The molecule has 3 aromatic rings. The average molecular weight is 487 g/mol. The molecule has 0 spiro atoms. The Hall–Kier alpha value is -3.16. The van der Waals surface area contributed by atoms with Gasteiger partial charge in [-0.3, -0.25) is 14.5 Å². The van der Waals surface area contributed by atoms with E-state index in [2.05, 4.69) is 53.2 Å². The quantitative estimate of drug-likeness (QED) is 0.602. The Balaban J connectivity index is 1.41. The average Bonchev–Trinajstić information content (AvgIpc) is 3.32. The van der Waals surface area contributed by atoms with Crippen LogP contribution in [0.2, 0.25) is 0 Å². The van der Waals surface area contributed by atoms with E-state index in [9.17, 15) is 9.59 Å². The zero-order chi connectivity index (χ0) is 24.9. The van der Waals surface area contributed by atoms with Crippen molar-refractivity contribution >= 4 is 22.7 Å². The third kappa shape index (κ3) is 3.64. The van der Waals surface area contributed by atoms with Crippen LogP contribution in [0.5, 0.6) is 0 Å². The van der Waals surface area contributed by atoms with Gasteiger partial charge < -0.3 is 19.5 Å². The summed E-state index contributed by atoms with van der Waals surface area (Å²) in [5, 5.41) is 1.13. The zero-order valence-corrected chi connectivity index (χ0v) is 21.1. The molecular formula is C29H34N4O3. The van der Waals surface area contributed by atoms with Crippen molar-refractivity contribution in [3.05, 3.63) is 70.9 Å². The molecule has 0 radical (unpaired) electrons. The molecule has 2 atom stereocenters. The number of fused-ring (bicyclic) bond motifs is 5. The highest BCUT2D eigenvalue weighted by atomic mass is 16.5. The molecule has 3 aliphatic rings. The fourth-order valence-electron chi connectivity index (χ4n) is 6.23. The number of hydrogen-bond donors (Lipinski definition) is 1. The van der Waals surface area contributed by atoms with Gasteiger partial charge in [0.2, 0.25) is 5.91 Å². The van der Waals surface area contributed by atoms with Crippen LogP contribution in [0.15, 0.2) is 48.5 Å². The molecule has 1 aromatic heterocycles. The lowest BCUT2D eigenvalue weighted by Crippen LogP contribution is -2.68. The van der Waals surface area contributed by atoms with Crippen molar-refractivity contribution in [1.29, 1.82) is 0 Å². The van der Waals surface area contributed by atoms with E-state index in [1.165, 1.54) is 11.1 Å². The minimum Gasteiger partial charge on any atom is -0.379 e. The summed E-state index contributed by atoms with van der Waals surface area (Å²) in [7, 11) is 0. The normalized spacial score (nSPS) is 24.8. The van der Waals surface area contributed by atoms with Gasteiger partial charge in [-0.25, -0.2) is 0 Å². The Morgan fingerprint density at radius 2 is 1.78 bits per heavy atom. The number of aromatic amines is 1. The van der Waals surface area contributed by atoms with Gasteiger partial charge in [0.1, 0.15) is 0 Å². The van der Waals surface area contributed by atoms with Gasteiger partial charge in [0, 0.05) is 49.5 Å². The van der Waals surface area contributed by atoms with E-state index in [1.54, 1.807) is 4.90 Å². The predicted molar refractivity (Wildman–Crippen MR) is 139 cm³/mol.